The van der Waals surface area contributed by atoms with Gasteiger partial charge in [0.2, 0.25) is 0 Å². The number of benzene rings is 1. The fourth-order valence-electron chi connectivity index (χ4n) is 5.02. The van der Waals surface area contributed by atoms with E-state index in [1.807, 2.05) is 0 Å². The number of halogens is 3. The van der Waals surface area contributed by atoms with Gasteiger partial charge in [-0.25, -0.2) is 13.8 Å². The van der Waals surface area contributed by atoms with Gasteiger partial charge >= 0.3 is 0 Å². The van der Waals surface area contributed by atoms with Crippen LogP contribution in [0.1, 0.15) is 54.2 Å². The van der Waals surface area contributed by atoms with Crippen LogP contribution in [-0.2, 0) is 5.41 Å². The second kappa shape index (κ2) is 11.6. The Labute approximate surface area is 232 Å². The number of thiol groups is 1. The molecule has 5 rings (SSSR count). The fourth-order valence-corrected chi connectivity index (χ4v) is 5.48. The second-order valence-corrected chi connectivity index (χ2v) is 10.8. The van der Waals surface area contributed by atoms with Crippen LogP contribution in [0.15, 0.2) is 30.6 Å². The molecule has 0 radical (unpaired) electrons. The minimum Gasteiger partial charge on any atom is -0.362 e. The van der Waals surface area contributed by atoms with E-state index in [1.54, 1.807) is 32.2 Å². The number of anilines is 2. The van der Waals surface area contributed by atoms with Gasteiger partial charge in [0, 0.05) is 60.2 Å². The van der Waals surface area contributed by atoms with E-state index < -0.39 is 23.0 Å². The van der Waals surface area contributed by atoms with Crippen LogP contribution in [-0.4, -0.2) is 64.0 Å². The number of pyridine rings is 1. The number of likely N-dealkylation sites (tertiary alicyclic amines) is 1. The summed E-state index contributed by atoms with van der Waals surface area (Å²) in [4.78, 5) is 21.4. The molecule has 204 valence electrons. The third-order valence-electron chi connectivity index (χ3n) is 6.85. The van der Waals surface area contributed by atoms with E-state index in [0.29, 0.717) is 5.82 Å². The fraction of sp³-hybridized carbons (Fsp3) is 0.444. The van der Waals surface area contributed by atoms with Gasteiger partial charge in [-0.05, 0) is 19.9 Å². The van der Waals surface area contributed by atoms with E-state index in [4.69, 9.17) is 11.6 Å². The van der Waals surface area contributed by atoms with E-state index in [1.165, 1.54) is 23.6 Å². The summed E-state index contributed by atoms with van der Waals surface area (Å²) in [6.07, 6.45) is 4.21. The van der Waals surface area contributed by atoms with Crippen LogP contribution >= 0.6 is 24.2 Å². The quantitative estimate of drug-likeness (QED) is 0.348. The summed E-state index contributed by atoms with van der Waals surface area (Å²) in [5.74, 6) is -0.482. The molecule has 0 saturated carbocycles. The topological polar surface area (TPSA) is 77.2 Å². The van der Waals surface area contributed by atoms with Crippen LogP contribution in [0.5, 0.6) is 0 Å². The van der Waals surface area contributed by atoms with Gasteiger partial charge in [0.25, 0.3) is 5.91 Å². The van der Waals surface area contributed by atoms with Crippen molar-refractivity contribution in [3.8, 4) is 0 Å². The molecule has 2 N–H and O–H groups in total. The third kappa shape index (κ3) is 5.13. The molecule has 1 amide bonds. The number of aryl methyl sites for hydroxylation is 1. The lowest BCUT2D eigenvalue weighted by Crippen LogP contribution is -2.55. The Morgan fingerprint density at radius 3 is 2.58 bits per heavy atom. The molecule has 1 saturated heterocycles. The number of hydrogen-bond acceptors (Lipinski definition) is 6. The van der Waals surface area contributed by atoms with Gasteiger partial charge in [-0.15, -0.1) is 0 Å². The highest BCUT2D eigenvalue weighted by Gasteiger charge is 2.47. The molecule has 38 heavy (non-hydrogen) atoms. The van der Waals surface area contributed by atoms with Crippen molar-refractivity contribution in [3.05, 3.63) is 69.5 Å². The van der Waals surface area contributed by atoms with E-state index >= 15 is 8.78 Å². The number of carbonyl (C=O) groups is 1. The summed E-state index contributed by atoms with van der Waals surface area (Å²) in [6, 6.07) is 4.66. The molecule has 1 aromatic carbocycles. The molecule has 0 bridgehead atoms. The number of aromatic nitrogens is 3. The molecule has 3 aromatic rings. The van der Waals surface area contributed by atoms with Crippen LogP contribution in [0.4, 0.5) is 20.4 Å². The minimum atomic E-state index is -1.25. The summed E-state index contributed by atoms with van der Waals surface area (Å²) in [5.41, 5.74) is -0.156. The zero-order chi connectivity index (χ0) is 27.6. The van der Waals surface area contributed by atoms with Crippen molar-refractivity contribution in [1.29, 1.82) is 0 Å². The summed E-state index contributed by atoms with van der Waals surface area (Å²) < 4.78 is 31.5. The smallest absolute Gasteiger partial charge is 0.261 e. The molecule has 0 aliphatic carbocycles. The maximum absolute atomic E-state index is 16.2. The molecule has 2 aliphatic rings. The predicted octanol–water partition coefficient (Wildman–Crippen LogP) is 5.45. The number of carbonyl (C=O) groups excluding carboxylic acids is 1. The lowest BCUT2D eigenvalue weighted by molar-refractivity contribution is 0.0967. The van der Waals surface area contributed by atoms with Crippen LogP contribution in [0, 0.1) is 18.6 Å². The number of fused-ring (bicyclic) bond motifs is 1. The zero-order valence-corrected chi connectivity index (χ0v) is 23.6. The highest BCUT2D eigenvalue weighted by atomic mass is 35.5. The van der Waals surface area contributed by atoms with E-state index in [-0.39, 0.29) is 40.1 Å². The number of nitrogens with zero attached hydrogens (tertiary/aromatic N) is 4. The molecule has 1 fully saturated rings. The molecule has 0 spiro atoms. The molecular weight excluding hydrogens is 530 g/mol. The molecule has 2 aromatic heterocycles. The van der Waals surface area contributed by atoms with Gasteiger partial charge < -0.3 is 5.32 Å². The van der Waals surface area contributed by atoms with Crippen molar-refractivity contribution < 1.29 is 13.6 Å². The Balaban J connectivity index is 0.00000107. The van der Waals surface area contributed by atoms with Crippen molar-refractivity contribution in [1.82, 2.24) is 20.1 Å². The number of aromatic amines is 1. The molecule has 0 unspecified atom stereocenters. The second-order valence-electron chi connectivity index (χ2n) is 9.97. The molecule has 11 heteroatoms. The zero-order valence-electron chi connectivity index (χ0n) is 22.0. The van der Waals surface area contributed by atoms with Crippen molar-refractivity contribution in [3.63, 3.8) is 0 Å². The maximum Gasteiger partial charge on any atom is 0.261 e. The average Bonchev–Trinajstić information content (AvgIpc) is 3.28. The first-order chi connectivity index (χ1) is 18.2. The first-order valence-corrected chi connectivity index (χ1v) is 13.7. The van der Waals surface area contributed by atoms with Crippen molar-refractivity contribution in [2.24, 2.45) is 0 Å². The molecule has 2 aliphatic heterocycles. The van der Waals surface area contributed by atoms with Crippen LogP contribution < -0.4 is 10.2 Å². The van der Waals surface area contributed by atoms with Crippen LogP contribution in [0.3, 0.4) is 0 Å². The number of amides is 1. The highest BCUT2D eigenvalue weighted by molar-refractivity contribution is 7.80. The van der Waals surface area contributed by atoms with E-state index in [0.717, 1.165) is 31.0 Å². The van der Waals surface area contributed by atoms with E-state index in [2.05, 4.69) is 51.9 Å². The largest absolute Gasteiger partial charge is 0.362 e. The van der Waals surface area contributed by atoms with Crippen LogP contribution in [0.25, 0.3) is 0 Å². The maximum atomic E-state index is 16.2. The van der Waals surface area contributed by atoms with Gasteiger partial charge in [-0.3, -0.25) is 19.7 Å². The lowest BCUT2D eigenvalue weighted by Gasteiger charge is -2.43. The highest BCUT2D eigenvalue weighted by Crippen LogP contribution is 2.45. The Bertz CT molecular complexity index is 1310. The first-order valence-electron chi connectivity index (χ1n) is 12.7. The van der Waals surface area contributed by atoms with Gasteiger partial charge in [-0.2, -0.15) is 17.7 Å². The van der Waals surface area contributed by atoms with Crippen molar-refractivity contribution >= 4 is 41.8 Å². The van der Waals surface area contributed by atoms with Crippen LogP contribution in [0.2, 0.25) is 5.02 Å². The van der Waals surface area contributed by atoms with Gasteiger partial charge in [0.05, 0.1) is 22.8 Å². The SMILES string of the molecule is CCC.Cc1cn[nH]c1N1C[C@](C)(c2cccc(Cl)c2F)c2c(cnc(NC3CN(CCS)C3)c2F)C1=O. The Morgan fingerprint density at radius 1 is 1.24 bits per heavy atom. The standard InChI is InChI=1S/C24H25ClF2N6OS.C3H8/c1-13-8-29-31-22(13)33-12-24(2,16-4-3-5-17(25)19(16)26)18-15(23(33)34)9-28-21(20(18)27)30-14-10-32(11-14)6-7-35;1-3-2/h3-5,8-9,14,35H,6-7,10-12H2,1-2H3,(H,28,30)(H,29,31);3H2,1-2H3/t24-;/m1./s1. The molecule has 7 nitrogen and oxygen atoms in total. The van der Waals surface area contributed by atoms with Crippen molar-refractivity contribution in [2.45, 2.75) is 45.6 Å². The number of hydrogen-bond donors (Lipinski definition) is 3. The van der Waals surface area contributed by atoms with Crippen molar-refractivity contribution in [2.75, 3.05) is 42.1 Å². The monoisotopic (exact) mass is 562 g/mol. The number of rotatable bonds is 6. The lowest BCUT2D eigenvalue weighted by atomic mass is 9.71. The molecule has 4 heterocycles. The first kappa shape index (κ1) is 28.3. The normalized spacial score (nSPS) is 19.5. The molecule has 1 atom stereocenters. The van der Waals surface area contributed by atoms with Gasteiger partial charge in [-0.1, -0.05) is 44.0 Å². The number of H-pyrrole nitrogens is 1. The predicted molar refractivity (Wildman–Crippen MR) is 151 cm³/mol. The Morgan fingerprint density at radius 2 is 1.95 bits per heavy atom. The summed E-state index contributed by atoms with van der Waals surface area (Å²) in [7, 11) is 0. The summed E-state index contributed by atoms with van der Waals surface area (Å²) in [6.45, 7) is 10.1. The van der Waals surface area contributed by atoms with Gasteiger partial charge in [0.1, 0.15) is 11.6 Å². The Hall–Kier alpha value is -2.69. The van der Waals surface area contributed by atoms with Gasteiger partial charge in [0.15, 0.2) is 11.6 Å². The number of nitrogens with one attached hydrogen (secondary N) is 2. The average molecular weight is 563 g/mol. The Kier molecular flexibility index (Phi) is 8.64. The van der Waals surface area contributed by atoms with E-state index in [9.17, 15) is 4.79 Å². The summed E-state index contributed by atoms with van der Waals surface area (Å²) in [5, 5.41) is 9.93. The minimum absolute atomic E-state index is 0.0152. The summed E-state index contributed by atoms with van der Waals surface area (Å²) >= 11 is 10.4. The molecular formula is C27H33ClF2N6OS. The third-order valence-corrected chi connectivity index (χ3v) is 7.35.